The van der Waals surface area contributed by atoms with Crippen LogP contribution in [0.4, 0.5) is 0 Å². The minimum absolute atomic E-state index is 0. The third kappa shape index (κ3) is 9.28. The third-order valence-electron chi connectivity index (χ3n) is 3.32. The standard InChI is InChI=1S/C20H26N4O2.HI/c1-3-12-22-20(21-4-2)24-16-17-10-11-19(23-15-17)26-14-13-25-18-8-6-5-7-9-18;/h3,5-11,15H,1,4,12-14,16H2,2H3,(H2,21,22,24);1H. The van der Waals surface area contributed by atoms with Crippen molar-refractivity contribution >= 4 is 29.9 Å². The first-order valence-electron chi connectivity index (χ1n) is 8.70. The summed E-state index contributed by atoms with van der Waals surface area (Å²) in [5, 5.41) is 6.34. The molecule has 0 amide bonds. The van der Waals surface area contributed by atoms with E-state index in [1.54, 1.807) is 12.3 Å². The van der Waals surface area contributed by atoms with Crippen molar-refractivity contribution in [3.63, 3.8) is 0 Å². The Bertz CT molecular complexity index is 678. The summed E-state index contributed by atoms with van der Waals surface area (Å²) >= 11 is 0. The molecule has 1 aromatic carbocycles. The molecule has 0 aliphatic carbocycles. The van der Waals surface area contributed by atoms with Crippen LogP contribution < -0.4 is 20.1 Å². The van der Waals surface area contributed by atoms with E-state index in [9.17, 15) is 0 Å². The van der Waals surface area contributed by atoms with Crippen LogP contribution in [0.2, 0.25) is 0 Å². The molecule has 1 heterocycles. The van der Waals surface area contributed by atoms with Crippen molar-refractivity contribution in [3.05, 3.63) is 66.9 Å². The fourth-order valence-electron chi connectivity index (χ4n) is 2.09. The summed E-state index contributed by atoms with van der Waals surface area (Å²) in [6, 6.07) is 13.5. The lowest BCUT2D eigenvalue weighted by atomic mass is 10.3. The molecule has 0 atom stereocenters. The van der Waals surface area contributed by atoms with Gasteiger partial charge in [0, 0.05) is 25.4 Å². The molecule has 146 valence electrons. The Kier molecular flexibility index (Phi) is 11.7. The molecule has 0 bridgehead atoms. The molecule has 2 rings (SSSR count). The van der Waals surface area contributed by atoms with E-state index in [1.807, 2.05) is 49.4 Å². The van der Waals surface area contributed by atoms with Gasteiger partial charge in [-0.3, -0.25) is 0 Å². The second-order valence-electron chi connectivity index (χ2n) is 5.38. The van der Waals surface area contributed by atoms with Gasteiger partial charge in [0.25, 0.3) is 0 Å². The van der Waals surface area contributed by atoms with Crippen LogP contribution in [-0.4, -0.2) is 37.2 Å². The van der Waals surface area contributed by atoms with Gasteiger partial charge in [-0.2, -0.15) is 0 Å². The van der Waals surface area contributed by atoms with Gasteiger partial charge in [0.2, 0.25) is 5.88 Å². The molecule has 0 radical (unpaired) electrons. The van der Waals surface area contributed by atoms with E-state index in [4.69, 9.17) is 9.47 Å². The zero-order valence-electron chi connectivity index (χ0n) is 15.6. The lowest BCUT2D eigenvalue weighted by Crippen LogP contribution is -2.37. The van der Waals surface area contributed by atoms with Crippen LogP contribution in [0.15, 0.2) is 66.3 Å². The van der Waals surface area contributed by atoms with Crippen LogP contribution in [0.3, 0.4) is 0 Å². The smallest absolute Gasteiger partial charge is 0.213 e. The van der Waals surface area contributed by atoms with Crippen molar-refractivity contribution in [2.24, 2.45) is 4.99 Å². The predicted octanol–water partition coefficient (Wildman–Crippen LogP) is 3.40. The first kappa shape index (κ1) is 22.8. The van der Waals surface area contributed by atoms with Crippen LogP contribution in [-0.2, 0) is 6.54 Å². The highest BCUT2D eigenvalue weighted by Gasteiger charge is 1.99. The van der Waals surface area contributed by atoms with E-state index in [-0.39, 0.29) is 24.0 Å². The van der Waals surface area contributed by atoms with E-state index < -0.39 is 0 Å². The van der Waals surface area contributed by atoms with Gasteiger partial charge in [-0.1, -0.05) is 30.3 Å². The maximum absolute atomic E-state index is 5.59. The second kappa shape index (κ2) is 13.9. The molecule has 0 saturated heterocycles. The summed E-state index contributed by atoms with van der Waals surface area (Å²) in [7, 11) is 0. The molecular weight excluding hydrogens is 455 g/mol. The minimum Gasteiger partial charge on any atom is -0.490 e. The van der Waals surface area contributed by atoms with E-state index in [0.717, 1.165) is 23.8 Å². The lowest BCUT2D eigenvalue weighted by Gasteiger charge is -2.10. The quantitative estimate of drug-likeness (QED) is 0.179. The molecule has 0 aliphatic heterocycles. The Morgan fingerprint density at radius 3 is 2.56 bits per heavy atom. The maximum atomic E-state index is 5.59. The van der Waals surface area contributed by atoms with Crippen molar-refractivity contribution in [1.29, 1.82) is 0 Å². The van der Waals surface area contributed by atoms with Gasteiger partial charge < -0.3 is 20.1 Å². The number of benzene rings is 1. The predicted molar refractivity (Wildman–Crippen MR) is 120 cm³/mol. The number of para-hydroxylation sites is 1. The molecule has 1 aromatic heterocycles. The average Bonchev–Trinajstić information content (AvgIpc) is 2.69. The Balaban J connectivity index is 0.00000364. The second-order valence-corrected chi connectivity index (χ2v) is 5.38. The average molecular weight is 482 g/mol. The van der Waals surface area contributed by atoms with Crippen LogP contribution in [0.5, 0.6) is 11.6 Å². The zero-order valence-corrected chi connectivity index (χ0v) is 17.9. The normalized spacial score (nSPS) is 10.5. The van der Waals surface area contributed by atoms with E-state index >= 15 is 0 Å². The molecule has 0 fully saturated rings. The summed E-state index contributed by atoms with van der Waals surface area (Å²) in [6.07, 6.45) is 3.57. The molecule has 0 aliphatic rings. The molecule has 2 aromatic rings. The van der Waals surface area contributed by atoms with Gasteiger partial charge in [0.05, 0.1) is 6.54 Å². The third-order valence-corrected chi connectivity index (χ3v) is 3.32. The first-order chi connectivity index (χ1) is 12.8. The fraction of sp³-hybridized carbons (Fsp3) is 0.300. The Morgan fingerprint density at radius 2 is 1.89 bits per heavy atom. The number of rotatable bonds is 10. The molecule has 6 nitrogen and oxygen atoms in total. The Hall–Kier alpha value is -2.29. The van der Waals surface area contributed by atoms with Crippen molar-refractivity contribution in [3.8, 4) is 11.6 Å². The topological polar surface area (TPSA) is 67.8 Å². The van der Waals surface area contributed by atoms with Gasteiger partial charge in [-0.15, -0.1) is 30.6 Å². The van der Waals surface area contributed by atoms with Crippen LogP contribution >= 0.6 is 24.0 Å². The maximum Gasteiger partial charge on any atom is 0.213 e. The number of hydrogen-bond acceptors (Lipinski definition) is 4. The number of aliphatic imine (C=N–C) groups is 1. The lowest BCUT2D eigenvalue weighted by molar-refractivity contribution is 0.212. The van der Waals surface area contributed by atoms with Gasteiger partial charge in [-0.25, -0.2) is 9.98 Å². The number of aromatic nitrogens is 1. The number of ether oxygens (including phenoxy) is 2. The highest BCUT2D eigenvalue weighted by atomic mass is 127. The van der Waals surface area contributed by atoms with Crippen LogP contribution in [0.25, 0.3) is 0 Å². The summed E-state index contributed by atoms with van der Waals surface area (Å²) < 4.78 is 11.2. The van der Waals surface area contributed by atoms with Gasteiger partial charge in [-0.05, 0) is 24.6 Å². The highest BCUT2D eigenvalue weighted by molar-refractivity contribution is 14.0. The molecular formula is C20H27IN4O2. The molecule has 27 heavy (non-hydrogen) atoms. The molecule has 0 unspecified atom stereocenters. The highest BCUT2D eigenvalue weighted by Crippen LogP contribution is 2.10. The minimum atomic E-state index is 0. The number of nitrogens with zero attached hydrogens (tertiary/aromatic N) is 2. The van der Waals surface area contributed by atoms with Crippen molar-refractivity contribution in [1.82, 2.24) is 15.6 Å². The fourth-order valence-corrected chi connectivity index (χ4v) is 2.09. The molecule has 7 heteroatoms. The van der Waals surface area contributed by atoms with Gasteiger partial charge in [0.1, 0.15) is 19.0 Å². The molecule has 2 N–H and O–H groups in total. The monoisotopic (exact) mass is 482 g/mol. The van der Waals surface area contributed by atoms with E-state index in [1.165, 1.54) is 0 Å². The number of halogens is 1. The summed E-state index contributed by atoms with van der Waals surface area (Å²) in [5.41, 5.74) is 1.01. The SMILES string of the molecule is C=CCNC(=NCc1ccc(OCCOc2ccccc2)nc1)NCC.I. The van der Waals surface area contributed by atoms with Crippen molar-refractivity contribution in [2.45, 2.75) is 13.5 Å². The number of nitrogens with one attached hydrogen (secondary N) is 2. The van der Waals surface area contributed by atoms with Crippen LogP contribution in [0.1, 0.15) is 12.5 Å². The van der Waals surface area contributed by atoms with E-state index in [0.29, 0.717) is 32.2 Å². The van der Waals surface area contributed by atoms with Gasteiger partial charge >= 0.3 is 0 Å². The number of guanidine groups is 1. The van der Waals surface area contributed by atoms with Crippen molar-refractivity contribution < 1.29 is 9.47 Å². The molecule has 0 saturated carbocycles. The van der Waals surface area contributed by atoms with Crippen LogP contribution in [0, 0.1) is 0 Å². The van der Waals surface area contributed by atoms with Crippen molar-refractivity contribution in [2.75, 3.05) is 26.3 Å². The van der Waals surface area contributed by atoms with Gasteiger partial charge in [0.15, 0.2) is 5.96 Å². The largest absolute Gasteiger partial charge is 0.490 e. The number of hydrogen-bond donors (Lipinski definition) is 2. The summed E-state index contributed by atoms with van der Waals surface area (Å²) in [4.78, 5) is 8.81. The van der Waals surface area contributed by atoms with E-state index in [2.05, 4.69) is 27.2 Å². The summed E-state index contributed by atoms with van der Waals surface area (Å²) in [6.45, 7) is 8.64. The zero-order chi connectivity index (χ0) is 18.5. The Labute approximate surface area is 178 Å². The molecule has 0 spiro atoms. The summed E-state index contributed by atoms with van der Waals surface area (Å²) in [5.74, 6) is 2.16. The first-order valence-corrected chi connectivity index (χ1v) is 8.70. The Morgan fingerprint density at radius 1 is 1.11 bits per heavy atom. The number of pyridine rings is 1.